The number of benzene rings is 1. The van der Waals surface area contributed by atoms with Crippen molar-refractivity contribution in [3.05, 3.63) is 22.7 Å². The fourth-order valence-corrected chi connectivity index (χ4v) is 2.45. The molecule has 0 aliphatic heterocycles. The molecule has 0 radical (unpaired) electrons. The molecule has 1 rings (SSSR count). The van der Waals surface area contributed by atoms with Gasteiger partial charge in [0.25, 0.3) is 0 Å². The molecule has 3 nitrogen and oxygen atoms in total. The molecular formula is C10H12BrNO2S. The summed E-state index contributed by atoms with van der Waals surface area (Å²) in [5, 5.41) is 8.73. The second kappa shape index (κ2) is 5.42. The Labute approximate surface area is 101 Å². The molecular weight excluding hydrogens is 278 g/mol. The van der Waals surface area contributed by atoms with Crippen LogP contribution in [0.25, 0.3) is 0 Å². The summed E-state index contributed by atoms with van der Waals surface area (Å²) in [5.41, 5.74) is 6.44. The molecule has 0 aromatic heterocycles. The summed E-state index contributed by atoms with van der Waals surface area (Å²) >= 11 is 4.81. The van der Waals surface area contributed by atoms with Gasteiger partial charge in [0.15, 0.2) is 0 Å². The Kier molecular flexibility index (Phi) is 4.47. The number of aliphatic carboxylic acids is 1. The summed E-state index contributed by atoms with van der Waals surface area (Å²) in [5.74, 6) is -0.625. The van der Waals surface area contributed by atoms with Gasteiger partial charge >= 0.3 is 5.97 Å². The number of halogens is 1. The van der Waals surface area contributed by atoms with Gasteiger partial charge in [0.1, 0.15) is 0 Å². The summed E-state index contributed by atoms with van der Waals surface area (Å²) in [6.07, 6.45) is 0. The molecule has 0 saturated carbocycles. The molecule has 0 fully saturated rings. The predicted octanol–water partition coefficient (Wildman–Crippen LogP) is 2.84. The fourth-order valence-electron chi connectivity index (χ4n) is 0.919. The highest BCUT2D eigenvalue weighted by Gasteiger charge is 2.12. The minimum Gasteiger partial charge on any atom is -0.481 e. The van der Waals surface area contributed by atoms with E-state index in [1.165, 1.54) is 11.8 Å². The Bertz CT molecular complexity index is 370. The van der Waals surface area contributed by atoms with E-state index in [4.69, 9.17) is 10.8 Å². The maximum Gasteiger partial charge on any atom is 0.307 e. The molecule has 0 heterocycles. The number of nitrogens with two attached hydrogens (primary N) is 1. The predicted molar refractivity (Wildman–Crippen MR) is 66.1 cm³/mol. The molecule has 1 unspecified atom stereocenters. The number of carboxylic acids is 1. The number of hydrogen-bond donors (Lipinski definition) is 2. The van der Waals surface area contributed by atoms with Crippen LogP contribution < -0.4 is 5.73 Å². The molecule has 0 bridgehead atoms. The molecule has 5 heteroatoms. The lowest BCUT2D eigenvalue weighted by Crippen LogP contribution is -2.11. The Hall–Kier alpha value is -0.680. The average molecular weight is 290 g/mol. The minimum atomic E-state index is -0.781. The number of carboxylic acid groups (broad SMARTS) is 1. The van der Waals surface area contributed by atoms with Crippen molar-refractivity contribution in [2.24, 2.45) is 5.92 Å². The summed E-state index contributed by atoms with van der Waals surface area (Å²) < 4.78 is 0.946. The molecule has 0 amide bonds. The summed E-state index contributed by atoms with van der Waals surface area (Å²) in [7, 11) is 0. The number of rotatable bonds is 4. The third-order valence-corrected chi connectivity index (χ3v) is 3.71. The molecule has 0 spiro atoms. The van der Waals surface area contributed by atoms with Crippen LogP contribution in [-0.4, -0.2) is 16.8 Å². The van der Waals surface area contributed by atoms with Crippen LogP contribution in [-0.2, 0) is 4.79 Å². The van der Waals surface area contributed by atoms with Gasteiger partial charge in [-0.2, -0.15) is 0 Å². The normalized spacial score (nSPS) is 12.4. The van der Waals surface area contributed by atoms with E-state index < -0.39 is 5.97 Å². The van der Waals surface area contributed by atoms with Gasteiger partial charge < -0.3 is 10.8 Å². The lowest BCUT2D eigenvalue weighted by atomic mass is 10.2. The molecule has 1 atom stereocenters. The van der Waals surface area contributed by atoms with E-state index >= 15 is 0 Å². The van der Waals surface area contributed by atoms with Gasteiger partial charge in [-0.1, -0.05) is 22.9 Å². The number of nitrogen functional groups attached to an aromatic ring is 1. The zero-order valence-corrected chi connectivity index (χ0v) is 10.6. The van der Waals surface area contributed by atoms with Crippen molar-refractivity contribution in [1.29, 1.82) is 0 Å². The number of carbonyl (C=O) groups is 1. The highest BCUT2D eigenvalue weighted by Crippen LogP contribution is 2.29. The zero-order chi connectivity index (χ0) is 11.4. The molecule has 82 valence electrons. The van der Waals surface area contributed by atoms with Gasteiger partial charge in [-0.25, -0.2) is 0 Å². The first kappa shape index (κ1) is 12.4. The Morgan fingerprint density at radius 2 is 2.33 bits per heavy atom. The second-order valence-electron chi connectivity index (χ2n) is 3.23. The van der Waals surface area contributed by atoms with E-state index in [0.29, 0.717) is 11.4 Å². The number of hydrogen-bond acceptors (Lipinski definition) is 3. The van der Waals surface area contributed by atoms with Crippen LogP contribution in [0.5, 0.6) is 0 Å². The van der Waals surface area contributed by atoms with Gasteiger partial charge in [-0.3, -0.25) is 4.79 Å². The maximum absolute atomic E-state index is 10.6. The van der Waals surface area contributed by atoms with E-state index in [-0.39, 0.29) is 5.92 Å². The minimum absolute atomic E-state index is 0.367. The van der Waals surface area contributed by atoms with E-state index in [0.717, 1.165) is 9.37 Å². The van der Waals surface area contributed by atoms with Crippen molar-refractivity contribution in [2.75, 3.05) is 11.5 Å². The highest BCUT2D eigenvalue weighted by molar-refractivity contribution is 9.10. The average Bonchev–Trinajstić information content (AvgIpc) is 2.18. The summed E-state index contributed by atoms with van der Waals surface area (Å²) in [4.78, 5) is 11.5. The van der Waals surface area contributed by atoms with Gasteiger partial charge in [-0.05, 0) is 18.2 Å². The van der Waals surface area contributed by atoms with Crippen LogP contribution in [0.4, 0.5) is 5.69 Å². The van der Waals surface area contributed by atoms with E-state index in [9.17, 15) is 4.79 Å². The van der Waals surface area contributed by atoms with E-state index in [1.54, 1.807) is 13.0 Å². The first-order valence-electron chi connectivity index (χ1n) is 4.41. The molecule has 15 heavy (non-hydrogen) atoms. The lowest BCUT2D eigenvalue weighted by molar-refractivity contribution is -0.140. The van der Waals surface area contributed by atoms with Crippen LogP contribution in [0.2, 0.25) is 0 Å². The first-order chi connectivity index (χ1) is 7.00. The summed E-state index contributed by atoms with van der Waals surface area (Å²) in [6, 6.07) is 5.56. The van der Waals surface area contributed by atoms with Crippen LogP contribution in [0.3, 0.4) is 0 Å². The van der Waals surface area contributed by atoms with Gasteiger partial charge in [0, 0.05) is 20.8 Å². The lowest BCUT2D eigenvalue weighted by Gasteiger charge is -2.08. The smallest absolute Gasteiger partial charge is 0.307 e. The topological polar surface area (TPSA) is 63.3 Å². The quantitative estimate of drug-likeness (QED) is 0.661. The molecule has 1 aromatic carbocycles. The van der Waals surface area contributed by atoms with Crippen LogP contribution in [0.1, 0.15) is 6.92 Å². The molecule has 1 aromatic rings. The second-order valence-corrected chi connectivity index (χ2v) is 5.21. The highest BCUT2D eigenvalue weighted by atomic mass is 79.9. The molecule has 3 N–H and O–H groups in total. The van der Waals surface area contributed by atoms with Crippen molar-refractivity contribution in [3.8, 4) is 0 Å². The van der Waals surface area contributed by atoms with E-state index in [1.807, 2.05) is 12.1 Å². The first-order valence-corrected chi connectivity index (χ1v) is 6.19. The SMILES string of the molecule is CC(CSc1cc(Br)ccc1N)C(=O)O. The molecule has 0 aliphatic carbocycles. The van der Waals surface area contributed by atoms with Gasteiger partial charge in [-0.15, -0.1) is 11.8 Å². The Morgan fingerprint density at radius 3 is 2.93 bits per heavy atom. The monoisotopic (exact) mass is 289 g/mol. The molecule has 0 saturated heterocycles. The van der Waals surface area contributed by atoms with Crippen LogP contribution >= 0.6 is 27.7 Å². The van der Waals surface area contributed by atoms with Crippen LogP contribution in [0, 0.1) is 5.92 Å². The van der Waals surface area contributed by atoms with Crippen molar-refractivity contribution in [1.82, 2.24) is 0 Å². The van der Waals surface area contributed by atoms with Crippen LogP contribution in [0.15, 0.2) is 27.6 Å². The van der Waals surface area contributed by atoms with Crippen molar-refractivity contribution >= 4 is 39.3 Å². The number of anilines is 1. The largest absolute Gasteiger partial charge is 0.481 e. The molecule has 0 aliphatic rings. The van der Waals surface area contributed by atoms with Crippen molar-refractivity contribution < 1.29 is 9.90 Å². The fraction of sp³-hybridized carbons (Fsp3) is 0.300. The standard InChI is InChI=1S/C10H12BrNO2S/c1-6(10(13)14)5-15-9-4-7(11)2-3-8(9)12/h2-4,6H,5,12H2,1H3,(H,13,14). The van der Waals surface area contributed by atoms with Gasteiger partial charge in [0.05, 0.1) is 5.92 Å². The summed E-state index contributed by atoms with van der Waals surface area (Å²) in [6.45, 7) is 1.68. The van der Waals surface area contributed by atoms with Gasteiger partial charge in [0.2, 0.25) is 0 Å². The van der Waals surface area contributed by atoms with Crippen molar-refractivity contribution in [2.45, 2.75) is 11.8 Å². The number of thioether (sulfide) groups is 1. The van der Waals surface area contributed by atoms with Crippen molar-refractivity contribution in [3.63, 3.8) is 0 Å². The zero-order valence-electron chi connectivity index (χ0n) is 8.24. The maximum atomic E-state index is 10.6. The van der Waals surface area contributed by atoms with E-state index in [2.05, 4.69) is 15.9 Å². The third-order valence-electron chi connectivity index (χ3n) is 1.89. The Balaban J connectivity index is 2.65. The Morgan fingerprint density at radius 1 is 1.67 bits per heavy atom. The third kappa shape index (κ3) is 3.76.